The largest absolute Gasteiger partial charge is 0.456 e. The summed E-state index contributed by atoms with van der Waals surface area (Å²) >= 11 is 0. The molecule has 0 saturated heterocycles. The van der Waals surface area contributed by atoms with E-state index in [-0.39, 0.29) is 0 Å². The molecule has 0 aliphatic rings. The molecule has 0 amide bonds. The first-order valence-corrected chi connectivity index (χ1v) is 31.5. The third kappa shape index (κ3) is 7.84. The molecule has 6 heterocycles. The first-order chi connectivity index (χ1) is 46.6. The number of nitriles is 2. The van der Waals surface area contributed by atoms with E-state index < -0.39 is 0 Å². The van der Waals surface area contributed by atoms with Crippen LogP contribution in [0.1, 0.15) is 11.1 Å². The monoisotopic (exact) mass is 1200 g/mol. The number of fused-ring (bicyclic) bond motifs is 20. The van der Waals surface area contributed by atoms with Gasteiger partial charge in [-0.25, -0.2) is 0 Å². The summed E-state index contributed by atoms with van der Waals surface area (Å²) in [6.07, 6.45) is 0. The number of hydrogen-bond acceptors (Lipinski definition) is 4. The van der Waals surface area contributed by atoms with Gasteiger partial charge < -0.3 is 27.1 Å². The zero-order chi connectivity index (χ0) is 62.1. The molecule has 0 N–H and O–H groups in total. The van der Waals surface area contributed by atoms with Gasteiger partial charge in [-0.05, 0) is 144 Å². The lowest BCUT2D eigenvalue weighted by atomic mass is 10.0. The first kappa shape index (κ1) is 52.8. The van der Waals surface area contributed by atoms with Crippen LogP contribution in [0.4, 0.5) is 0 Å². The van der Waals surface area contributed by atoms with Crippen molar-refractivity contribution in [1.29, 1.82) is 10.5 Å². The van der Waals surface area contributed by atoms with Crippen LogP contribution < -0.4 is 0 Å². The maximum atomic E-state index is 10.5. The fourth-order valence-electron chi connectivity index (χ4n) is 15.0. The van der Waals surface area contributed by atoms with E-state index in [4.69, 9.17) is 8.83 Å². The molecule has 8 nitrogen and oxygen atoms in total. The van der Waals surface area contributed by atoms with Crippen molar-refractivity contribution in [2.24, 2.45) is 0 Å². The molecule has 0 saturated carbocycles. The molecular weight excluding hydrogens is 1150 g/mol. The van der Waals surface area contributed by atoms with Crippen LogP contribution >= 0.6 is 0 Å². The van der Waals surface area contributed by atoms with E-state index >= 15 is 0 Å². The van der Waals surface area contributed by atoms with Gasteiger partial charge in [0, 0.05) is 70.6 Å². The lowest BCUT2D eigenvalue weighted by Gasteiger charge is -2.13. The molecule has 0 aliphatic heterocycles. The van der Waals surface area contributed by atoms with Crippen LogP contribution in [0.3, 0.4) is 0 Å². The number of hydrogen-bond donors (Lipinski definition) is 0. The molecular formula is C86H50N6O2. The average Bonchev–Trinajstić information content (AvgIpc) is 1.57. The Kier molecular flexibility index (Phi) is 11.6. The smallest absolute Gasteiger partial charge is 0.145 e. The van der Waals surface area contributed by atoms with Gasteiger partial charge in [0.25, 0.3) is 0 Å². The summed E-state index contributed by atoms with van der Waals surface area (Å²) in [4.78, 5) is 0. The van der Waals surface area contributed by atoms with Crippen LogP contribution in [0.2, 0.25) is 0 Å². The molecule has 0 unspecified atom stereocenters. The van der Waals surface area contributed by atoms with Crippen molar-refractivity contribution in [2.45, 2.75) is 0 Å². The quantitative estimate of drug-likeness (QED) is 0.166. The number of aromatic nitrogens is 4. The predicted molar refractivity (Wildman–Crippen MR) is 385 cm³/mol. The molecule has 0 radical (unpaired) electrons. The molecule has 20 rings (SSSR count). The van der Waals surface area contributed by atoms with Gasteiger partial charge in [-0.1, -0.05) is 182 Å². The van der Waals surface area contributed by atoms with Gasteiger partial charge in [-0.3, -0.25) is 0 Å². The number of benzene rings is 14. The Balaban J connectivity index is 0.000000133. The summed E-state index contributed by atoms with van der Waals surface area (Å²) in [5, 5.41) is 34.8. The van der Waals surface area contributed by atoms with Gasteiger partial charge in [-0.2, -0.15) is 10.5 Å². The highest BCUT2D eigenvalue weighted by Crippen LogP contribution is 2.45. The Morgan fingerprint density at radius 1 is 0.234 bits per heavy atom. The third-order valence-electron chi connectivity index (χ3n) is 19.2. The molecule has 94 heavy (non-hydrogen) atoms. The number of rotatable bonds is 6. The Hall–Kier alpha value is -13.1. The second kappa shape index (κ2) is 20.7. The van der Waals surface area contributed by atoms with Gasteiger partial charge in [0.15, 0.2) is 0 Å². The van der Waals surface area contributed by atoms with E-state index in [1.807, 2.05) is 54.6 Å². The predicted octanol–water partition coefficient (Wildman–Crippen LogP) is 22.6. The van der Waals surface area contributed by atoms with E-state index in [1.165, 1.54) is 43.6 Å². The number of para-hydroxylation sites is 8. The Labute approximate surface area is 537 Å². The van der Waals surface area contributed by atoms with Crippen molar-refractivity contribution < 1.29 is 8.83 Å². The summed E-state index contributed by atoms with van der Waals surface area (Å²) in [5.74, 6) is 0. The highest BCUT2D eigenvalue weighted by atomic mass is 16.3. The lowest BCUT2D eigenvalue weighted by molar-refractivity contribution is 0.669. The molecule has 0 spiro atoms. The number of furan rings is 2. The van der Waals surface area contributed by atoms with Gasteiger partial charge in [0.2, 0.25) is 0 Å². The van der Waals surface area contributed by atoms with Crippen molar-refractivity contribution >= 4 is 131 Å². The Morgan fingerprint density at radius 2 is 0.596 bits per heavy atom. The van der Waals surface area contributed by atoms with E-state index in [9.17, 15) is 10.5 Å². The molecule has 0 fully saturated rings. The van der Waals surface area contributed by atoms with E-state index in [2.05, 4.69) is 279 Å². The lowest BCUT2D eigenvalue weighted by Crippen LogP contribution is -1.98. The van der Waals surface area contributed by atoms with E-state index in [1.54, 1.807) is 0 Å². The van der Waals surface area contributed by atoms with Crippen LogP contribution in [-0.2, 0) is 0 Å². The van der Waals surface area contributed by atoms with Crippen molar-refractivity contribution in [3.63, 3.8) is 0 Å². The summed E-state index contributed by atoms with van der Waals surface area (Å²) in [6.45, 7) is 0. The highest BCUT2D eigenvalue weighted by molar-refractivity contribution is 6.28. The molecule has 0 bridgehead atoms. The average molecular weight is 1200 g/mol. The van der Waals surface area contributed by atoms with Crippen LogP contribution in [0.25, 0.3) is 176 Å². The molecule has 14 aromatic carbocycles. The normalized spacial score (nSPS) is 11.8. The van der Waals surface area contributed by atoms with E-state index in [0.717, 1.165) is 132 Å². The standard InChI is InChI=1S/2C43H25N3O/c44-26-29-25-28(27-17-20-30(21-18-27)45-37-13-5-1-9-31(37)32-10-2-6-14-38(32)45)19-23-36(29)46-39-15-7-3-12-35(39)42-40(46)24-22-34-33-11-4-8-16-41(33)47-43(34)42;44-26-29-25-28(27-17-20-30(21-18-27)45-36-13-5-1-9-31(36)32-10-2-6-14-37(32)45)19-22-35(29)46-38-15-7-3-11-33(38)42-39(46)23-24-41-43(42)34-12-4-8-16-40(34)47-41/h2*1-25H. The molecule has 8 heteroatoms. The van der Waals surface area contributed by atoms with Crippen LogP contribution in [0.15, 0.2) is 312 Å². The van der Waals surface area contributed by atoms with Crippen LogP contribution in [0.5, 0.6) is 0 Å². The minimum absolute atomic E-state index is 0.612. The molecule has 436 valence electrons. The Morgan fingerprint density at radius 3 is 1.06 bits per heavy atom. The van der Waals surface area contributed by atoms with Gasteiger partial charge in [0.1, 0.15) is 34.5 Å². The van der Waals surface area contributed by atoms with Gasteiger partial charge in [0.05, 0.1) is 72.0 Å². The summed E-state index contributed by atoms with van der Waals surface area (Å²) < 4.78 is 21.8. The minimum Gasteiger partial charge on any atom is -0.456 e. The SMILES string of the molecule is N#Cc1cc(-c2ccc(-n3c4ccccc4c4ccccc43)cc2)ccc1-n1c2ccccc2c2c3c(ccc21)oc1ccccc13.N#Cc1cc(-c2ccc(-n3c4ccccc4c4ccccc43)cc2)ccc1-n1c2ccccc2c2c3oc4ccccc4c3ccc21. The zero-order valence-corrected chi connectivity index (χ0v) is 50.4. The van der Waals surface area contributed by atoms with Crippen LogP contribution in [0, 0.1) is 22.7 Å². The fraction of sp³-hybridized carbons (Fsp3) is 0. The topological polar surface area (TPSA) is 93.6 Å². The zero-order valence-electron chi connectivity index (χ0n) is 50.4. The molecule has 0 atom stereocenters. The summed E-state index contributed by atoms with van der Waals surface area (Å²) in [7, 11) is 0. The second-order valence-corrected chi connectivity index (χ2v) is 24.1. The van der Waals surface area contributed by atoms with Crippen LogP contribution in [-0.4, -0.2) is 18.3 Å². The first-order valence-electron chi connectivity index (χ1n) is 31.5. The maximum absolute atomic E-state index is 10.5. The Bertz CT molecular complexity index is 6520. The minimum atomic E-state index is 0.612. The third-order valence-corrected chi connectivity index (χ3v) is 19.2. The molecule has 6 aromatic heterocycles. The van der Waals surface area contributed by atoms with Crippen molar-refractivity contribution in [3.8, 4) is 57.1 Å². The van der Waals surface area contributed by atoms with E-state index in [0.29, 0.717) is 11.1 Å². The van der Waals surface area contributed by atoms with Gasteiger partial charge >= 0.3 is 0 Å². The maximum Gasteiger partial charge on any atom is 0.145 e. The summed E-state index contributed by atoms with van der Waals surface area (Å²) in [6, 6.07) is 110. The summed E-state index contributed by atoms with van der Waals surface area (Å²) in [5.41, 5.74) is 21.6. The number of nitrogens with zero attached hydrogens (tertiary/aromatic N) is 6. The van der Waals surface area contributed by atoms with Crippen molar-refractivity contribution in [3.05, 3.63) is 314 Å². The highest BCUT2D eigenvalue weighted by Gasteiger charge is 2.23. The second-order valence-electron chi connectivity index (χ2n) is 24.1. The van der Waals surface area contributed by atoms with Gasteiger partial charge in [-0.15, -0.1) is 0 Å². The van der Waals surface area contributed by atoms with Crippen molar-refractivity contribution in [1.82, 2.24) is 18.3 Å². The van der Waals surface area contributed by atoms with Crippen molar-refractivity contribution in [2.75, 3.05) is 0 Å². The molecule has 20 aromatic rings. The fourth-order valence-corrected chi connectivity index (χ4v) is 15.0. The molecule has 0 aliphatic carbocycles.